The van der Waals surface area contributed by atoms with Crippen molar-refractivity contribution in [2.45, 2.75) is 6.92 Å². The van der Waals surface area contributed by atoms with Crippen LogP contribution >= 0.6 is 0 Å². The standard InChI is InChI=1S/C19H19N3/c1-14-13-18(16-11-7-8-12-17(16)20-14)21-19(22(2)3)15-9-5-4-6-10-15/h4-13H,1-3H3. The SMILES string of the molecule is Cc1cc(N=C(c2ccccc2)N(C)C)c2ccccc2n1. The van der Waals surface area contributed by atoms with Gasteiger partial charge in [0.05, 0.1) is 11.2 Å². The lowest BCUT2D eigenvalue weighted by Crippen LogP contribution is -2.22. The Labute approximate surface area is 131 Å². The molecule has 0 N–H and O–H groups in total. The molecule has 3 heteroatoms. The predicted octanol–water partition coefficient (Wildman–Crippen LogP) is 4.18. The average molecular weight is 289 g/mol. The molecule has 2 aromatic carbocycles. The third-order valence-electron chi connectivity index (χ3n) is 3.50. The number of nitrogens with zero attached hydrogens (tertiary/aromatic N) is 3. The van der Waals surface area contributed by atoms with Gasteiger partial charge in [0.1, 0.15) is 5.84 Å². The van der Waals surface area contributed by atoms with Gasteiger partial charge >= 0.3 is 0 Å². The second kappa shape index (κ2) is 5.98. The van der Waals surface area contributed by atoms with Crippen LogP contribution in [-0.2, 0) is 0 Å². The Balaban J connectivity index is 2.21. The Morgan fingerprint density at radius 2 is 1.64 bits per heavy atom. The Kier molecular flexibility index (Phi) is 3.88. The van der Waals surface area contributed by atoms with Crippen LogP contribution < -0.4 is 0 Å². The second-order valence-corrected chi connectivity index (χ2v) is 5.50. The summed E-state index contributed by atoms with van der Waals surface area (Å²) in [5.41, 5.74) is 4.01. The van der Waals surface area contributed by atoms with E-state index in [2.05, 4.69) is 23.2 Å². The molecule has 1 aromatic heterocycles. The smallest absolute Gasteiger partial charge is 0.136 e. The van der Waals surface area contributed by atoms with Crippen LogP contribution in [0.5, 0.6) is 0 Å². The molecular formula is C19H19N3. The number of aromatic nitrogens is 1. The van der Waals surface area contributed by atoms with Crippen molar-refractivity contribution in [3.05, 3.63) is 71.9 Å². The number of hydrogen-bond acceptors (Lipinski definition) is 2. The maximum Gasteiger partial charge on any atom is 0.136 e. The van der Waals surface area contributed by atoms with E-state index in [1.54, 1.807) is 0 Å². The first-order valence-electron chi connectivity index (χ1n) is 7.33. The predicted molar refractivity (Wildman–Crippen MR) is 92.8 cm³/mol. The molecule has 0 aliphatic heterocycles. The highest BCUT2D eigenvalue weighted by atomic mass is 15.1. The largest absolute Gasteiger partial charge is 0.362 e. The highest BCUT2D eigenvalue weighted by Crippen LogP contribution is 2.26. The number of aliphatic imine (C=N–C) groups is 1. The minimum absolute atomic E-state index is 0.941. The van der Waals surface area contributed by atoms with Gasteiger partial charge < -0.3 is 4.90 Å². The molecule has 1 heterocycles. The summed E-state index contributed by atoms with van der Waals surface area (Å²) >= 11 is 0. The summed E-state index contributed by atoms with van der Waals surface area (Å²) in [6, 6.07) is 20.4. The fourth-order valence-corrected chi connectivity index (χ4v) is 2.50. The fraction of sp³-hybridized carbons (Fsp3) is 0.158. The lowest BCUT2D eigenvalue weighted by Gasteiger charge is -2.16. The molecule has 0 amide bonds. The molecule has 0 saturated carbocycles. The second-order valence-electron chi connectivity index (χ2n) is 5.50. The van der Waals surface area contributed by atoms with E-state index in [-0.39, 0.29) is 0 Å². The number of para-hydroxylation sites is 1. The molecule has 0 fully saturated rings. The van der Waals surface area contributed by atoms with E-state index < -0.39 is 0 Å². The topological polar surface area (TPSA) is 28.5 Å². The van der Waals surface area contributed by atoms with Crippen LogP contribution in [0.15, 0.2) is 65.7 Å². The number of aryl methyl sites for hydroxylation is 1. The van der Waals surface area contributed by atoms with Gasteiger partial charge in [-0.25, -0.2) is 4.99 Å². The average Bonchev–Trinajstić information content (AvgIpc) is 2.52. The van der Waals surface area contributed by atoms with Gasteiger partial charge in [0, 0.05) is 30.7 Å². The van der Waals surface area contributed by atoms with Crippen molar-refractivity contribution in [2.24, 2.45) is 4.99 Å². The summed E-state index contributed by atoms with van der Waals surface area (Å²) in [5.74, 6) is 0.941. The van der Waals surface area contributed by atoms with Gasteiger partial charge in [-0.2, -0.15) is 0 Å². The number of hydrogen-bond donors (Lipinski definition) is 0. The molecule has 0 bridgehead atoms. The first kappa shape index (κ1) is 14.3. The molecule has 0 aliphatic rings. The molecule has 0 radical (unpaired) electrons. The van der Waals surface area contributed by atoms with Gasteiger partial charge in [-0.3, -0.25) is 4.98 Å². The highest BCUT2D eigenvalue weighted by molar-refractivity contribution is 6.02. The van der Waals surface area contributed by atoms with E-state index in [0.29, 0.717) is 0 Å². The quantitative estimate of drug-likeness (QED) is 0.523. The molecule has 110 valence electrons. The summed E-state index contributed by atoms with van der Waals surface area (Å²) < 4.78 is 0. The zero-order chi connectivity index (χ0) is 15.5. The van der Waals surface area contributed by atoms with Crippen molar-refractivity contribution in [2.75, 3.05) is 14.1 Å². The van der Waals surface area contributed by atoms with Crippen LogP contribution in [0.1, 0.15) is 11.3 Å². The molecule has 22 heavy (non-hydrogen) atoms. The zero-order valence-electron chi connectivity index (χ0n) is 13.1. The Morgan fingerprint density at radius 1 is 0.955 bits per heavy atom. The number of fused-ring (bicyclic) bond motifs is 1. The van der Waals surface area contributed by atoms with Gasteiger partial charge in [-0.15, -0.1) is 0 Å². The van der Waals surface area contributed by atoms with E-state index in [4.69, 9.17) is 4.99 Å². The van der Waals surface area contributed by atoms with Gasteiger partial charge in [-0.05, 0) is 19.1 Å². The van der Waals surface area contributed by atoms with E-state index in [0.717, 1.165) is 33.7 Å². The summed E-state index contributed by atoms with van der Waals surface area (Å²) in [6.07, 6.45) is 0. The summed E-state index contributed by atoms with van der Waals surface area (Å²) in [6.45, 7) is 2.00. The summed E-state index contributed by atoms with van der Waals surface area (Å²) in [7, 11) is 4.03. The summed E-state index contributed by atoms with van der Waals surface area (Å²) in [4.78, 5) is 11.5. The van der Waals surface area contributed by atoms with Crippen LogP contribution in [0, 0.1) is 6.92 Å². The van der Waals surface area contributed by atoms with E-state index in [1.807, 2.05) is 68.4 Å². The van der Waals surface area contributed by atoms with Gasteiger partial charge in [0.15, 0.2) is 0 Å². The number of benzene rings is 2. The normalized spacial score (nSPS) is 11.7. The molecule has 0 unspecified atom stereocenters. The molecule has 0 spiro atoms. The molecule has 0 atom stereocenters. The fourth-order valence-electron chi connectivity index (χ4n) is 2.50. The Morgan fingerprint density at radius 3 is 2.36 bits per heavy atom. The molecule has 3 rings (SSSR count). The van der Waals surface area contributed by atoms with Crippen molar-refractivity contribution in [1.82, 2.24) is 9.88 Å². The molecule has 0 saturated heterocycles. The van der Waals surface area contributed by atoms with Crippen LogP contribution in [0.2, 0.25) is 0 Å². The number of pyridine rings is 1. The minimum Gasteiger partial charge on any atom is -0.362 e. The molecule has 3 aromatic rings. The summed E-state index contributed by atoms with van der Waals surface area (Å²) in [5, 5.41) is 1.07. The van der Waals surface area contributed by atoms with Crippen LogP contribution in [-0.4, -0.2) is 29.8 Å². The van der Waals surface area contributed by atoms with Gasteiger partial charge in [0.25, 0.3) is 0 Å². The number of rotatable bonds is 2. The van der Waals surface area contributed by atoms with Crippen LogP contribution in [0.3, 0.4) is 0 Å². The van der Waals surface area contributed by atoms with Crippen molar-refractivity contribution >= 4 is 22.4 Å². The first-order valence-corrected chi connectivity index (χ1v) is 7.33. The maximum atomic E-state index is 4.92. The van der Waals surface area contributed by atoms with Gasteiger partial charge in [0.2, 0.25) is 0 Å². The molecule has 3 nitrogen and oxygen atoms in total. The van der Waals surface area contributed by atoms with Gasteiger partial charge in [-0.1, -0.05) is 48.5 Å². The monoisotopic (exact) mass is 289 g/mol. The van der Waals surface area contributed by atoms with E-state index in [9.17, 15) is 0 Å². The maximum absolute atomic E-state index is 4.92. The lowest BCUT2D eigenvalue weighted by atomic mass is 10.1. The van der Waals surface area contributed by atoms with Crippen LogP contribution in [0.4, 0.5) is 5.69 Å². The van der Waals surface area contributed by atoms with Crippen molar-refractivity contribution in [3.8, 4) is 0 Å². The number of amidine groups is 1. The molecule has 0 aliphatic carbocycles. The van der Waals surface area contributed by atoms with Crippen molar-refractivity contribution in [3.63, 3.8) is 0 Å². The van der Waals surface area contributed by atoms with Crippen molar-refractivity contribution in [1.29, 1.82) is 0 Å². The van der Waals surface area contributed by atoms with Crippen LogP contribution in [0.25, 0.3) is 10.9 Å². The van der Waals surface area contributed by atoms with E-state index >= 15 is 0 Å². The lowest BCUT2D eigenvalue weighted by molar-refractivity contribution is 0.624. The third kappa shape index (κ3) is 2.84. The molecular weight excluding hydrogens is 270 g/mol. The zero-order valence-corrected chi connectivity index (χ0v) is 13.1. The Hall–Kier alpha value is -2.68. The first-order chi connectivity index (χ1) is 10.6. The van der Waals surface area contributed by atoms with Crippen molar-refractivity contribution < 1.29 is 0 Å². The van der Waals surface area contributed by atoms with E-state index in [1.165, 1.54) is 0 Å². The minimum atomic E-state index is 0.941. The third-order valence-corrected chi connectivity index (χ3v) is 3.50. The highest BCUT2D eigenvalue weighted by Gasteiger charge is 2.08. The Bertz CT molecular complexity index is 820.